The maximum atomic E-state index is 13.3. The molecule has 4 aromatic rings. The Kier molecular flexibility index (Phi) is 5.59. The van der Waals surface area contributed by atoms with Gasteiger partial charge in [0.15, 0.2) is 5.69 Å². The highest BCUT2D eigenvalue weighted by molar-refractivity contribution is 7.99. The summed E-state index contributed by atoms with van der Waals surface area (Å²) in [5, 5.41) is 12.3. The summed E-state index contributed by atoms with van der Waals surface area (Å²) in [5.41, 5.74) is 3.76. The smallest absolute Gasteiger partial charge is 0.297 e. The van der Waals surface area contributed by atoms with E-state index in [1.807, 2.05) is 67.4 Å². The van der Waals surface area contributed by atoms with Gasteiger partial charge in [-0.3, -0.25) is 14.3 Å². The normalized spacial score (nSPS) is 13.2. The molecule has 0 saturated carbocycles. The summed E-state index contributed by atoms with van der Waals surface area (Å²) in [6.07, 6.45) is 1.92. The highest BCUT2D eigenvalue weighted by Gasteiger charge is 2.25. The Balaban J connectivity index is 1.42. The third-order valence-electron chi connectivity index (χ3n) is 5.91. The lowest BCUT2D eigenvalue weighted by Gasteiger charge is -2.29. The monoisotopic (exact) mass is 461 g/mol. The SMILES string of the molecule is Cc1c(-n2nnnc2SCC(=O)N2CCCc3ccccc32)c(=O)n(-c2ccccc2)n1C. The maximum Gasteiger partial charge on any atom is 0.297 e. The molecule has 1 aliphatic heterocycles. The van der Waals surface area contributed by atoms with Gasteiger partial charge >= 0.3 is 0 Å². The molecular weight excluding hydrogens is 438 g/mol. The quantitative estimate of drug-likeness (QED) is 0.424. The van der Waals surface area contributed by atoms with E-state index in [0.717, 1.165) is 24.2 Å². The molecule has 33 heavy (non-hydrogen) atoms. The molecule has 0 bridgehead atoms. The molecule has 3 heterocycles. The van der Waals surface area contributed by atoms with Crippen molar-refractivity contribution in [3.05, 3.63) is 76.2 Å². The van der Waals surface area contributed by atoms with Crippen LogP contribution in [0.25, 0.3) is 11.4 Å². The van der Waals surface area contributed by atoms with Crippen LogP contribution in [0.1, 0.15) is 17.7 Å². The predicted octanol–water partition coefficient (Wildman–Crippen LogP) is 2.53. The number of rotatable bonds is 5. The third-order valence-corrected chi connectivity index (χ3v) is 6.82. The number of amides is 1. The number of thioether (sulfide) groups is 1. The van der Waals surface area contributed by atoms with Crippen LogP contribution in [-0.4, -0.2) is 47.8 Å². The van der Waals surface area contributed by atoms with Gasteiger partial charge in [-0.1, -0.05) is 48.2 Å². The molecule has 9 nitrogen and oxygen atoms in total. The van der Waals surface area contributed by atoms with Gasteiger partial charge in [0.05, 0.1) is 17.1 Å². The van der Waals surface area contributed by atoms with Crippen molar-refractivity contribution in [3.8, 4) is 11.4 Å². The number of aryl methyl sites for hydroxylation is 1. The van der Waals surface area contributed by atoms with Crippen molar-refractivity contribution in [1.29, 1.82) is 0 Å². The fourth-order valence-electron chi connectivity index (χ4n) is 4.20. The van der Waals surface area contributed by atoms with Crippen molar-refractivity contribution in [2.75, 3.05) is 17.2 Å². The van der Waals surface area contributed by atoms with Gasteiger partial charge in [0.1, 0.15) is 0 Å². The van der Waals surface area contributed by atoms with Crippen LogP contribution in [0.3, 0.4) is 0 Å². The first-order chi connectivity index (χ1) is 16.1. The zero-order valence-electron chi connectivity index (χ0n) is 18.4. The Morgan fingerprint density at radius 2 is 1.85 bits per heavy atom. The Morgan fingerprint density at radius 3 is 2.67 bits per heavy atom. The maximum absolute atomic E-state index is 13.3. The molecular formula is C23H23N7O2S. The van der Waals surface area contributed by atoms with Crippen molar-refractivity contribution in [3.63, 3.8) is 0 Å². The molecule has 0 spiro atoms. The van der Waals surface area contributed by atoms with Crippen LogP contribution >= 0.6 is 11.8 Å². The van der Waals surface area contributed by atoms with E-state index in [9.17, 15) is 9.59 Å². The topological polar surface area (TPSA) is 90.8 Å². The van der Waals surface area contributed by atoms with Gasteiger partial charge in [-0.2, -0.15) is 4.68 Å². The molecule has 2 aromatic carbocycles. The second-order valence-corrected chi connectivity index (χ2v) is 8.79. The first-order valence-corrected chi connectivity index (χ1v) is 11.7. The van der Waals surface area contributed by atoms with Crippen LogP contribution in [0.2, 0.25) is 0 Å². The summed E-state index contributed by atoms with van der Waals surface area (Å²) in [6.45, 7) is 2.54. The second-order valence-electron chi connectivity index (χ2n) is 7.85. The third kappa shape index (κ3) is 3.76. The molecule has 0 radical (unpaired) electrons. The highest BCUT2D eigenvalue weighted by atomic mass is 32.2. The Hall–Kier alpha value is -3.66. The summed E-state index contributed by atoms with van der Waals surface area (Å²) in [4.78, 5) is 28.2. The lowest BCUT2D eigenvalue weighted by atomic mass is 10.0. The van der Waals surface area contributed by atoms with Gasteiger partial charge in [0.2, 0.25) is 11.1 Å². The van der Waals surface area contributed by atoms with Crippen molar-refractivity contribution >= 4 is 23.4 Å². The number of anilines is 1. The minimum Gasteiger partial charge on any atom is -0.311 e. The summed E-state index contributed by atoms with van der Waals surface area (Å²) >= 11 is 1.23. The largest absolute Gasteiger partial charge is 0.311 e. The number of carbonyl (C=O) groups is 1. The summed E-state index contributed by atoms with van der Waals surface area (Å²) in [6, 6.07) is 17.4. The number of para-hydroxylation sites is 2. The number of nitrogens with zero attached hydrogens (tertiary/aromatic N) is 7. The number of carbonyl (C=O) groups excluding carboxylic acids is 1. The van der Waals surface area contributed by atoms with E-state index in [1.54, 1.807) is 9.36 Å². The molecule has 10 heteroatoms. The van der Waals surface area contributed by atoms with Gasteiger partial charge in [-0.15, -0.1) is 5.10 Å². The molecule has 1 amide bonds. The van der Waals surface area contributed by atoms with Gasteiger partial charge in [-0.25, -0.2) is 4.68 Å². The van der Waals surface area contributed by atoms with Gasteiger partial charge in [0.25, 0.3) is 5.56 Å². The van der Waals surface area contributed by atoms with E-state index >= 15 is 0 Å². The lowest BCUT2D eigenvalue weighted by Crippen LogP contribution is -2.36. The Bertz CT molecular complexity index is 1370. The summed E-state index contributed by atoms with van der Waals surface area (Å²) in [5.74, 6) is 0.168. The standard InChI is InChI=1S/C23H23N7O2S/c1-16-21(22(32)30(27(16)2)18-11-4-3-5-12-18)29-23(24-25-26-29)33-15-20(31)28-14-8-10-17-9-6-7-13-19(17)28/h3-7,9,11-13H,8,10,14-15H2,1-2H3. The van der Waals surface area contributed by atoms with Crippen LogP contribution in [0.4, 0.5) is 5.69 Å². The molecule has 5 rings (SSSR count). The van der Waals surface area contributed by atoms with Gasteiger partial charge < -0.3 is 4.90 Å². The van der Waals surface area contributed by atoms with Crippen LogP contribution in [0, 0.1) is 6.92 Å². The van der Waals surface area contributed by atoms with Crippen LogP contribution in [-0.2, 0) is 18.3 Å². The van der Waals surface area contributed by atoms with E-state index in [1.165, 1.54) is 22.0 Å². The fraction of sp³-hybridized carbons (Fsp3) is 0.261. The summed E-state index contributed by atoms with van der Waals surface area (Å²) < 4.78 is 4.79. The van der Waals surface area contributed by atoms with Crippen LogP contribution < -0.4 is 10.5 Å². The minimum atomic E-state index is -0.230. The zero-order valence-corrected chi connectivity index (χ0v) is 19.2. The molecule has 0 aliphatic carbocycles. The Labute approximate surface area is 194 Å². The fourth-order valence-corrected chi connectivity index (χ4v) is 4.96. The first-order valence-electron chi connectivity index (χ1n) is 10.7. The number of tetrazole rings is 1. The highest BCUT2D eigenvalue weighted by Crippen LogP contribution is 2.28. The number of hydrogen-bond donors (Lipinski definition) is 0. The van der Waals surface area contributed by atoms with Crippen molar-refractivity contribution in [1.82, 2.24) is 29.6 Å². The molecule has 0 N–H and O–H groups in total. The predicted molar refractivity (Wildman–Crippen MR) is 126 cm³/mol. The van der Waals surface area contributed by atoms with E-state index < -0.39 is 0 Å². The second kappa shape index (κ2) is 8.70. The van der Waals surface area contributed by atoms with Crippen molar-refractivity contribution in [2.24, 2.45) is 7.05 Å². The molecule has 2 aromatic heterocycles. The van der Waals surface area contributed by atoms with E-state index in [0.29, 0.717) is 23.1 Å². The molecule has 0 unspecified atom stereocenters. The van der Waals surface area contributed by atoms with Crippen LogP contribution in [0.15, 0.2) is 64.5 Å². The van der Waals surface area contributed by atoms with Crippen molar-refractivity contribution < 1.29 is 4.79 Å². The zero-order chi connectivity index (χ0) is 22.9. The molecule has 0 saturated heterocycles. The van der Waals surface area contributed by atoms with Crippen molar-refractivity contribution in [2.45, 2.75) is 24.9 Å². The molecule has 168 valence electrons. The average Bonchev–Trinajstić information content (AvgIpc) is 3.39. The molecule has 0 fully saturated rings. The van der Waals surface area contributed by atoms with E-state index in [-0.39, 0.29) is 17.2 Å². The Morgan fingerprint density at radius 1 is 1.09 bits per heavy atom. The van der Waals surface area contributed by atoms with E-state index in [4.69, 9.17) is 0 Å². The summed E-state index contributed by atoms with van der Waals surface area (Å²) in [7, 11) is 1.82. The van der Waals surface area contributed by atoms with Crippen LogP contribution in [0.5, 0.6) is 0 Å². The lowest BCUT2D eigenvalue weighted by molar-refractivity contribution is -0.116. The van der Waals surface area contributed by atoms with E-state index in [2.05, 4.69) is 21.6 Å². The number of benzene rings is 2. The molecule has 0 atom stereocenters. The average molecular weight is 462 g/mol. The van der Waals surface area contributed by atoms with Gasteiger partial charge in [-0.05, 0) is 54.0 Å². The first kappa shape index (κ1) is 21.2. The number of fused-ring (bicyclic) bond motifs is 1. The number of hydrogen-bond acceptors (Lipinski definition) is 6. The number of aromatic nitrogens is 6. The molecule has 1 aliphatic rings. The minimum absolute atomic E-state index is 0.00631. The van der Waals surface area contributed by atoms with Gasteiger partial charge in [0, 0.05) is 19.3 Å².